The second-order valence-electron chi connectivity index (χ2n) is 6.40. The Hall–Kier alpha value is -2.38. The number of carbonyl (C=O) groups is 2. The van der Waals surface area contributed by atoms with Gasteiger partial charge in [0.25, 0.3) is 5.91 Å². The van der Waals surface area contributed by atoms with Crippen molar-refractivity contribution in [3.05, 3.63) is 57.8 Å². The van der Waals surface area contributed by atoms with E-state index in [1.165, 1.54) is 17.7 Å². The summed E-state index contributed by atoms with van der Waals surface area (Å²) < 4.78 is 0. The number of urea groups is 1. The van der Waals surface area contributed by atoms with Gasteiger partial charge in [0.15, 0.2) is 0 Å². The van der Waals surface area contributed by atoms with Crippen LogP contribution in [0.4, 0.5) is 4.79 Å². The maximum Gasteiger partial charge on any atom is 0.312 e. The van der Waals surface area contributed by atoms with Gasteiger partial charge in [0.1, 0.15) is 0 Å². The van der Waals surface area contributed by atoms with Gasteiger partial charge in [-0.25, -0.2) is 4.79 Å². The number of nitrogens with one attached hydrogen (secondary N) is 2. The molecule has 138 valence electrons. The standard InChI is InChI=1S/C19H24N4O2S/c20-19(25)22-12-14-5-7-15(8-6-14)18(24)21-13-16(17-4-3-11-26-17)23-9-1-2-10-23/h3-8,11,16H,1-2,9-10,12-13H2,(H,21,24)(H3,20,22,25). The highest BCUT2D eigenvalue weighted by Gasteiger charge is 2.24. The van der Waals surface area contributed by atoms with E-state index in [-0.39, 0.29) is 11.9 Å². The monoisotopic (exact) mass is 372 g/mol. The molecule has 4 N–H and O–H groups in total. The summed E-state index contributed by atoms with van der Waals surface area (Å²) in [6.07, 6.45) is 2.44. The van der Waals surface area contributed by atoms with Crippen LogP contribution in [0.3, 0.4) is 0 Å². The molecule has 7 heteroatoms. The summed E-state index contributed by atoms with van der Waals surface area (Å²) >= 11 is 1.74. The number of hydrogen-bond acceptors (Lipinski definition) is 4. The molecule has 0 aliphatic carbocycles. The van der Waals surface area contributed by atoms with Gasteiger partial charge in [-0.15, -0.1) is 11.3 Å². The Labute approximate surface area is 157 Å². The molecule has 6 nitrogen and oxygen atoms in total. The van der Waals surface area contributed by atoms with Crippen LogP contribution in [0.1, 0.15) is 39.7 Å². The van der Waals surface area contributed by atoms with Crippen molar-refractivity contribution in [3.8, 4) is 0 Å². The van der Waals surface area contributed by atoms with Crippen LogP contribution in [-0.2, 0) is 6.54 Å². The van der Waals surface area contributed by atoms with E-state index in [4.69, 9.17) is 5.73 Å². The maximum absolute atomic E-state index is 12.5. The highest BCUT2D eigenvalue weighted by Crippen LogP contribution is 2.27. The van der Waals surface area contributed by atoms with Crippen LogP contribution >= 0.6 is 11.3 Å². The minimum absolute atomic E-state index is 0.0832. The number of rotatable bonds is 7. The lowest BCUT2D eigenvalue weighted by molar-refractivity contribution is 0.0938. The van der Waals surface area contributed by atoms with Gasteiger partial charge in [-0.2, -0.15) is 0 Å². The molecule has 1 aliphatic rings. The minimum atomic E-state index is -0.562. The number of hydrogen-bond donors (Lipinski definition) is 3. The van der Waals surface area contributed by atoms with Crippen LogP contribution < -0.4 is 16.4 Å². The number of amides is 3. The summed E-state index contributed by atoms with van der Waals surface area (Å²) in [7, 11) is 0. The molecular weight excluding hydrogens is 348 g/mol. The van der Waals surface area contributed by atoms with Crippen molar-refractivity contribution in [2.75, 3.05) is 19.6 Å². The third kappa shape index (κ3) is 4.83. The molecule has 1 aromatic heterocycles. The number of nitrogens with two attached hydrogens (primary N) is 1. The fourth-order valence-electron chi connectivity index (χ4n) is 3.20. The average molecular weight is 372 g/mol. The third-order valence-electron chi connectivity index (χ3n) is 4.59. The number of benzene rings is 1. The zero-order valence-corrected chi connectivity index (χ0v) is 15.4. The van der Waals surface area contributed by atoms with Gasteiger partial charge in [-0.3, -0.25) is 9.69 Å². The first-order chi connectivity index (χ1) is 12.6. The van der Waals surface area contributed by atoms with Gasteiger partial charge in [-0.1, -0.05) is 18.2 Å². The zero-order valence-electron chi connectivity index (χ0n) is 14.6. The lowest BCUT2D eigenvalue weighted by atomic mass is 10.1. The topological polar surface area (TPSA) is 87.5 Å². The first-order valence-electron chi connectivity index (χ1n) is 8.81. The first kappa shape index (κ1) is 18.4. The fraction of sp³-hybridized carbons (Fsp3) is 0.368. The summed E-state index contributed by atoms with van der Waals surface area (Å²) in [5.74, 6) is -0.0832. The summed E-state index contributed by atoms with van der Waals surface area (Å²) in [5.41, 5.74) is 6.57. The summed E-state index contributed by atoms with van der Waals surface area (Å²) in [5, 5.41) is 7.68. The van der Waals surface area contributed by atoms with Crippen LogP contribution in [0.25, 0.3) is 0 Å². The molecule has 0 saturated carbocycles. The Kier molecular flexibility index (Phi) is 6.25. The van der Waals surface area contributed by atoms with Crippen molar-refractivity contribution in [2.24, 2.45) is 5.73 Å². The number of primary amides is 1. The van der Waals surface area contributed by atoms with Crippen LogP contribution in [0.5, 0.6) is 0 Å². The number of nitrogens with zero attached hydrogens (tertiary/aromatic N) is 1. The Morgan fingerprint density at radius 3 is 2.46 bits per heavy atom. The number of thiophene rings is 1. The maximum atomic E-state index is 12.5. The summed E-state index contributed by atoms with van der Waals surface area (Å²) in [6.45, 7) is 3.12. The van der Waals surface area contributed by atoms with E-state index in [0.29, 0.717) is 18.7 Å². The van der Waals surface area contributed by atoms with E-state index in [0.717, 1.165) is 18.7 Å². The molecule has 1 fully saturated rings. The molecule has 0 radical (unpaired) electrons. The summed E-state index contributed by atoms with van der Waals surface area (Å²) in [4.78, 5) is 27.0. The predicted octanol–water partition coefficient (Wildman–Crippen LogP) is 2.48. The molecule has 2 heterocycles. The molecule has 1 unspecified atom stereocenters. The molecule has 1 atom stereocenters. The molecule has 3 rings (SSSR count). The van der Waals surface area contributed by atoms with Crippen LogP contribution in [-0.4, -0.2) is 36.5 Å². The van der Waals surface area contributed by atoms with Crippen molar-refractivity contribution < 1.29 is 9.59 Å². The van der Waals surface area contributed by atoms with E-state index in [1.54, 1.807) is 23.5 Å². The SMILES string of the molecule is NC(=O)NCc1ccc(C(=O)NCC(c2cccs2)N2CCCC2)cc1. The van der Waals surface area contributed by atoms with Gasteiger partial charge < -0.3 is 16.4 Å². The van der Waals surface area contributed by atoms with Crippen molar-refractivity contribution in [1.82, 2.24) is 15.5 Å². The largest absolute Gasteiger partial charge is 0.352 e. The molecule has 26 heavy (non-hydrogen) atoms. The average Bonchev–Trinajstić information content (AvgIpc) is 3.35. The van der Waals surface area contributed by atoms with Crippen LogP contribution in [0.2, 0.25) is 0 Å². The third-order valence-corrected chi connectivity index (χ3v) is 5.57. The molecule has 0 spiro atoms. The molecule has 0 bridgehead atoms. The summed E-state index contributed by atoms with van der Waals surface area (Å²) in [6, 6.07) is 11.1. The second-order valence-corrected chi connectivity index (χ2v) is 7.38. The second kappa shape index (κ2) is 8.82. The highest BCUT2D eigenvalue weighted by molar-refractivity contribution is 7.10. The van der Waals surface area contributed by atoms with Crippen molar-refractivity contribution in [3.63, 3.8) is 0 Å². The molecule has 3 amide bonds. The quantitative estimate of drug-likeness (QED) is 0.698. The predicted molar refractivity (Wildman–Crippen MR) is 103 cm³/mol. The normalized spacial score (nSPS) is 15.5. The van der Waals surface area contributed by atoms with Gasteiger partial charge in [0, 0.05) is 23.5 Å². The smallest absolute Gasteiger partial charge is 0.312 e. The minimum Gasteiger partial charge on any atom is -0.352 e. The van der Waals surface area contributed by atoms with E-state index < -0.39 is 6.03 Å². The van der Waals surface area contributed by atoms with E-state index in [2.05, 4.69) is 33.0 Å². The van der Waals surface area contributed by atoms with Crippen molar-refractivity contribution in [1.29, 1.82) is 0 Å². The first-order valence-corrected chi connectivity index (χ1v) is 9.69. The lowest BCUT2D eigenvalue weighted by Crippen LogP contribution is -2.36. The molecule has 2 aromatic rings. The zero-order chi connectivity index (χ0) is 18.4. The van der Waals surface area contributed by atoms with Crippen molar-refractivity contribution in [2.45, 2.75) is 25.4 Å². The van der Waals surface area contributed by atoms with Crippen LogP contribution in [0, 0.1) is 0 Å². The Bertz CT molecular complexity index is 725. The Balaban J connectivity index is 1.58. The fourth-order valence-corrected chi connectivity index (χ4v) is 4.06. The molecule has 1 saturated heterocycles. The van der Waals surface area contributed by atoms with E-state index >= 15 is 0 Å². The lowest BCUT2D eigenvalue weighted by Gasteiger charge is -2.27. The van der Waals surface area contributed by atoms with Gasteiger partial charge in [-0.05, 0) is 55.1 Å². The van der Waals surface area contributed by atoms with Crippen LogP contribution in [0.15, 0.2) is 41.8 Å². The van der Waals surface area contributed by atoms with Crippen molar-refractivity contribution >= 4 is 23.3 Å². The van der Waals surface area contributed by atoms with Gasteiger partial charge in [0.05, 0.1) is 6.04 Å². The Morgan fingerprint density at radius 2 is 1.85 bits per heavy atom. The Morgan fingerprint density at radius 1 is 1.12 bits per heavy atom. The molecular formula is C19H24N4O2S. The van der Waals surface area contributed by atoms with E-state index in [9.17, 15) is 9.59 Å². The molecule has 1 aromatic carbocycles. The van der Waals surface area contributed by atoms with Gasteiger partial charge >= 0.3 is 6.03 Å². The van der Waals surface area contributed by atoms with E-state index in [1.807, 2.05) is 12.1 Å². The number of likely N-dealkylation sites (tertiary alicyclic amines) is 1. The van der Waals surface area contributed by atoms with Gasteiger partial charge in [0.2, 0.25) is 0 Å². The number of carbonyl (C=O) groups excluding carboxylic acids is 2. The molecule has 1 aliphatic heterocycles. The highest BCUT2D eigenvalue weighted by atomic mass is 32.1.